The van der Waals surface area contributed by atoms with Crippen LogP contribution >= 0.6 is 0 Å². The molecule has 0 heterocycles. The molecule has 1 aromatic rings. The zero-order valence-electron chi connectivity index (χ0n) is 13.9. The zero-order valence-corrected chi connectivity index (χ0v) is 13.9. The first-order valence-corrected chi connectivity index (χ1v) is 7.73. The Labute approximate surface area is 128 Å². The maximum Gasteiger partial charge on any atom is 0.306 e. The first kappa shape index (κ1) is 17.5. The fraction of sp³-hybridized carbons (Fsp3) is 0.611. The molecule has 21 heavy (non-hydrogen) atoms. The quantitative estimate of drug-likeness (QED) is 0.667. The molecule has 0 atom stereocenters. The Kier molecular flexibility index (Phi) is 6.73. The first-order chi connectivity index (χ1) is 9.82. The highest BCUT2D eigenvalue weighted by Crippen LogP contribution is 2.28. The molecule has 0 N–H and O–H groups in total. The third kappa shape index (κ3) is 7.16. The molecule has 0 aromatic heterocycles. The van der Waals surface area contributed by atoms with Crippen LogP contribution in [-0.4, -0.2) is 18.7 Å². The van der Waals surface area contributed by atoms with E-state index < -0.39 is 0 Å². The highest BCUT2D eigenvalue weighted by Gasteiger charge is 2.22. The standard InChI is InChI=1S/C18H28O3/c1-6-20-17(19)13-18(4,5)12-11-15-7-9-16(10-8-15)21-14(2)3/h7-10,14H,6,11-13H2,1-5H3. The van der Waals surface area contributed by atoms with Crippen LogP contribution < -0.4 is 4.74 Å². The van der Waals surface area contributed by atoms with Gasteiger partial charge in [0.1, 0.15) is 5.75 Å². The lowest BCUT2D eigenvalue weighted by atomic mass is 9.83. The minimum atomic E-state index is -0.108. The number of benzene rings is 1. The molecule has 0 saturated carbocycles. The Morgan fingerprint density at radius 3 is 2.33 bits per heavy atom. The van der Waals surface area contributed by atoms with Crippen molar-refractivity contribution in [2.45, 2.75) is 60.0 Å². The van der Waals surface area contributed by atoms with Crippen LogP contribution in [0.2, 0.25) is 0 Å². The van der Waals surface area contributed by atoms with E-state index in [0.717, 1.165) is 18.6 Å². The Morgan fingerprint density at radius 1 is 1.19 bits per heavy atom. The van der Waals surface area contributed by atoms with Crippen molar-refractivity contribution >= 4 is 5.97 Å². The highest BCUT2D eigenvalue weighted by atomic mass is 16.5. The number of carbonyl (C=O) groups excluding carboxylic acids is 1. The van der Waals surface area contributed by atoms with Crippen molar-refractivity contribution in [3.05, 3.63) is 29.8 Å². The summed E-state index contributed by atoms with van der Waals surface area (Å²) in [5.74, 6) is 0.794. The van der Waals surface area contributed by atoms with E-state index >= 15 is 0 Å². The molecule has 3 heteroatoms. The number of hydrogen-bond acceptors (Lipinski definition) is 3. The van der Waals surface area contributed by atoms with E-state index in [1.54, 1.807) is 0 Å². The van der Waals surface area contributed by atoms with E-state index in [9.17, 15) is 4.79 Å². The van der Waals surface area contributed by atoms with Crippen molar-refractivity contribution in [2.24, 2.45) is 5.41 Å². The average Bonchev–Trinajstić information content (AvgIpc) is 2.37. The summed E-state index contributed by atoms with van der Waals surface area (Å²) >= 11 is 0. The second kappa shape index (κ2) is 8.06. The van der Waals surface area contributed by atoms with E-state index in [0.29, 0.717) is 13.0 Å². The van der Waals surface area contributed by atoms with Gasteiger partial charge in [-0.1, -0.05) is 26.0 Å². The summed E-state index contributed by atoms with van der Waals surface area (Å²) in [6.07, 6.45) is 2.57. The van der Waals surface area contributed by atoms with Gasteiger partial charge < -0.3 is 9.47 Å². The Bertz CT molecular complexity index is 432. The summed E-state index contributed by atoms with van der Waals surface area (Å²) in [6.45, 7) is 10.6. The molecule has 0 aliphatic carbocycles. The van der Waals surface area contributed by atoms with Gasteiger partial charge in [0.05, 0.1) is 19.1 Å². The molecule has 0 saturated heterocycles. The van der Waals surface area contributed by atoms with E-state index in [-0.39, 0.29) is 17.5 Å². The number of carbonyl (C=O) groups is 1. The lowest BCUT2D eigenvalue weighted by molar-refractivity contribution is -0.145. The SMILES string of the molecule is CCOC(=O)CC(C)(C)CCc1ccc(OC(C)C)cc1. The molecule has 0 radical (unpaired) electrons. The molecule has 0 amide bonds. The van der Waals surface area contributed by atoms with Crippen LogP contribution in [-0.2, 0) is 16.0 Å². The Hall–Kier alpha value is -1.51. The van der Waals surface area contributed by atoms with Crippen LogP contribution in [0.1, 0.15) is 53.0 Å². The van der Waals surface area contributed by atoms with Crippen molar-refractivity contribution in [1.29, 1.82) is 0 Å². The minimum Gasteiger partial charge on any atom is -0.491 e. The van der Waals surface area contributed by atoms with Crippen molar-refractivity contribution in [3.8, 4) is 5.75 Å². The van der Waals surface area contributed by atoms with Gasteiger partial charge in [-0.3, -0.25) is 4.79 Å². The number of rotatable bonds is 8. The molecule has 1 rings (SSSR count). The van der Waals surface area contributed by atoms with Gasteiger partial charge in [-0.2, -0.15) is 0 Å². The molecule has 0 spiro atoms. The number of ether oxygens (including phenoxy) is 2. The Morgan fingerprint density at radius 2 is 1.81 bits per heavy atom. The molecule has 0 fully saturated rings. The van der Waals surface area contributed by atoms with Crippen molar-refractivity contribution < 1.29 is 14.3 Å². The van der Waals surface area contributed by atoms with Gasteiger partial charge in [-0.15, -0.1) is 0 Å². The first-order valence-electron chi connectivity index (χ1n) is 7.73. The highest BCUT2D eigenvalue weighted by molar-refractivity contribution is 5.70. The molecule has 0 unspecified atom stereocenters. The van der Waals surface area contributed by atoms with Gasteiger partial charge in [0.15, 0.2) is 0 Å². The van der Waals surface area contributed by atoms with Gasteiger partial charge in [-0.05, 0) is 56.7 Å². The van der Waals surface area contributed by atoms with Crippen LogP contribution in [0.4, 0.5) is 0 Å². The lowest BCUT2D eigenvalue weighted by Gasteiger charge is -2.23. The summed E-state index contributed by atoms with van der Waals surface area (Å²) in [4.78, 5) is 11.6. The maximum absolute atomic E-state index is 11.6. The number of aryl methyl sites for hydroxylation is 1. The van der Waals surface area contributed by atoms with Gasteiger partial charge in [-0.25, -0.2) is 0 Å². The molecular formula is C18H28O3. The fourth-order valence-corrected chi connectivity index (χ4v) is 2.18. The summed E-state index contributed by atoms with van der Waals surface area (Å²) in [5, 5.41) is 0. The van der Waals surface area contributed by atoms with E-state index in [4.69, 9.17) is 9.47 Å². The second-order valence-corrected chi connectivity index (χ2v) is 6.46. The Balaban J connectivity index is 2.48. The van der Waals surface area contributed by atoms with Gasteiger partial charge in [0, 0.05) is 0 Å². The van der Waals surface area contributed by atoms with Crippen molar-refractivity contribution in [3.63, 3.8) is 0 Å². The fourth-order valence-electron chi connectivity index (χ4n) is 2.18. The summed E-state index contributed by atoms with van der Waals surface area (Å²) < 4.78 is 10.7. The number of hydrogen-bond donors (Lipinski definition) is 0. The normalized spacial score (nSPS) is 11.5. The number of esters is 1. The monoisotopic (exact) mass is 292 g/mol. The van der Waals surface area contributed by atoms with Crippen LogP contribution in [0.3, 0.4) is 0 Å². The topological polar surface area (TPSA) is 35.5 Å². The predicted octanol–water partition coefficient (Wildman–Crippen LogP) is 4.39. The largest absolute Gasteiger partial charge is 0.491 e. The molecule has 0 aliphatic heterocycles. The third-order valence-electron chi connectivity index (χ3n) is 3.31. The van der Waals surface area contributed by atoms with Crippen LogP contribution in [0.25, 0.3) is 0 Å². The lowest BCUT2D eigenvalue weighted by Crippen LogP contribution is -2.19. The summed E-state index contributed by atoms with van der Waals surface area (Å²) in [6, 6.07) is 8.21. The molecular weight excluding hydrogens is 264 g/mol. The molecule has 0 bridgehead atoms. The molecule has 1 aromatic carbocycles. The van der Waals surface area contributed by atoms with Crippen LogP contribution in [0.5, 0.6) is 5.75 Å². The molecule has 0 aliphatic rings. The van der Waals surface area contributed by atoms with Crippen molar-refractivity contribution in [1.82, 2.24) is 0 Å². The summed E-state index contributed by atoms with van der Waals surface area (Å²) in [7, 11) is 0. The van der Waals surface area contributed by atoms with E-state index in [1.165, 1.54) is 5.56 Å². The maximum atomic E-state index is 11.6. The zero-order chi connectivity index (χ0) is 15.9. The van der Waals surface area contributed by atoms with Gasteiger partial charge in [0.25, 0.3) is 0 Å². The smallest absolute Gasteiger partial charge is 0.306 e. The third-order valence-corrected chi connectivity index (χ3v) is 3.31. The van der Waals surface area contributed by atoms with Gasteiger partial charge >= 0.3 is 5.97 Å². The second-order valence-electron chi connectivity index (χ2n) is 6.46. The molecule has 3 nitrogen and oxygen atoms in total. The van der Waals surface area contributed by atoms with Crippen LogP contribution in [0, 0.1) is 5.41 Å². The minimum absolute atomic E-state index is 0.0423. The van der Waals surface area contributed by atoms with E-state index in [1.807, 2.05) is 32.9 Å². The van der Waals surface area contributed by atoms with Crippen LogP contribution in [0.15, 0.2) is 24.3 Å². The summed E-state index contributed by atoms with van der Waals surface area (Å²) in [5.41, 5.74) is 1.22. The van der Waals surface area contributed by atoms with E-state index in [2.05, 4.69) is 26.0 Å². The van der Waals surface area contributed by atoms with Crippen molar-refractivity contribution in [2.75, 3.05) is 6.61 Å². The van der Waals surface area contributed by atoms with Gasteiger partial charge in [0.2, 0.25) is 0 Å². The average molecular weight is 292 g/mol. The molecule has 118 valence electrons. The predicted molar refractivity (Wildman–Crippen MR) is 85.6 cm³/mol.